The molecule has 2 rings (SSSR count). The molecule has 1 fully saturated rings. The maximum atomic E-state index is 11.2. The number of rotatable bonds is 2. The van der Waals surface area contributed by atoms with Gasteiger partial charge in [-0.25, -0.2) is 14.8 Å². The van der Waals surface area contributed by atoms with Gasteiger partial charge in [-0.3, -0.25) is 0 Å². The van der Waals surface area contributed by atoms with Crippen molar-refractivity contribution in [3.8, 4) is 6.07 Å². The molecule has 1 aromatic heterocycles. The Labute approximate surface area is 109 Å². The lowest BCUT2D eigenvalue weighted by molar-refractivity contribution is -0.138. The van der Waals surface area contributed by atoms with E-state index in [0.717, 1.165) is 5.75 Å². The minimum Gasteiger partial charge on any atom is -0.480 e. The van der Waals surface area contributed by atoms with Gasteiger partial charge in [0.05, 0.1) is 0 Å². The number of thioether (sulfide) groups is 1. The maximum absolute atomic E-state index is 11.2. The van der Waals surface area contributed by atoms with Crippen LogP contribution in [0.2, 0.25) is 0 Å². The van der Waals surface area contributed by atoms with Gasteiger partial charge in [-0.05, 0) is 13.0 Å². The summed E-state index contributed by atoms with van der Waals surface area (Å²) in [6.07, 6.45) is 0. The van der Waals surface area contributed by atoms with Crippen LogP contribution in [0.5, 0.6) is 0 Å². The topological polar surface area (TPSA) is 90.1 Å². The van der Waals surface area contributed by atoms with Gasteiger partial charge in [-0.1, -0.05) is 0 Å². The van der Waals surface area contributed by atoms with Crippen LogP contribution in [0.3, 0.4) is 0 Å². The van der Waals surface area contributed by atoms with E-state index < -0.39 is 12.0 Å². The highest BCUT2D eigenvalue weighted by atomic mass is 32.2. The summed E-state index contributed by atoms with van der Waals surface area (Å²) >= 11 is 1.60. The van der Waals surface area contributed by atoms with E-state index >= 15 is 0 Å². The molecular formula is C11H12N4O2S. The summed E-state index contributed by atoms with van der Waals surface area (Å²) in [6.45, 7) is 2.34. The maximum Gasteiger partial charge on any atom is 0.327 e. The standard InChI is InChI=1S/C11H12N4O2S/c1-7-4-8(5-12)14-11(13-7)15-2-3-18-6-9(15)10(16)17/h4,9H,2-3,6H2,1H3,(H,16,17). The molecule has 2 heterocycles. The van der Waals surface area contributed by atoms with Crippen molar-refractivity contribution in [2.45, 2.75) is 13.0 Å². The van der Waals surface area contributed by atoms with Gasteiger partial charge in [0, 0.05) is 23.7 Å². The zero-order chi connectivity index (χ0) is 13.1. The monoisotopic (exact) mass is 264 g/mol. The Kier molecular flexibility index (Phi) is 3.67. The van der Waals surface area contributed by atoms with E-state index in [4.69, 9.17) is 5.26 Å². The molecule has 18 heavy (non-hydrogen) atoms. The lowest BCUT2D eigenvalue weighted by atomic mass is 10.3. The molecule has 0 aliphatic carbocycles. The van der Waals surface area contributed by atoms with Crippen LogP contribution in [0.15, 0.2) is 6.07 Å². The average Bonchev–Trinajstić information content (AvgIpc) is 2.38. The summed E-state index contributed by atoms with van der Waals surface area (Å²) in [4.78, 5) is 21.2. The number of carboxylic acid groups (broad SMARTS) is 1. The highest BCUT2D eigenvalue weighted by Gasteiger charge is 2.30. The summed E-state index contributed by atoms with van der Waals surface area (Å²) in [5.74, 6) is 0.794. The fourth-order valence-electron chi connectivity index (χ4n) is 1.79. The molecule has 0 spiro atoms. The molecule has 0 saturated carbocycles. The quantitative estimate of drug-likeness (QED) is 0.839. The van der Waals surface area contributed by atoms with E-state index in [1.165, 1.54) is 0 Å². The van der Waals surface area contributed by atoms with Crippen molar-refractivity contribution >= 4 is 23.7 Å². The zero-order valence-corrected chi connectivity index (χ0v) is 10.6. The number of nitriles is 1. The Bertz CT molecular complexity index is 514. The van der Waals surface area contributed by atoms with E-state index in [0.29, 0.717) is 23.9 Å². The van der Waals surface area contributed by atoms with Gasteiger partial charge in [-0.2, -0.15) is 17.0 Å². The summed E-state index contributed by atoms with van der Waals surface area (Å²) < 4.78 is 0. The van der Waals surface area contributed by atoms with E-state index in [9.17, 15) is 9.90 Å². The molecule has 1 aliphatic rings. The molecule has 6 nitrogen and oxygen atoms in total. The highest BCUT2D eigenvalue weighted by Crippen LogP contribution is 2.21. The molecule has 0 radical (unpaired) electrons. The Morgan fingerprint density at radius 1 is 1.67 bits per heavy atom. The van der Waals surface area contributed by atoms with Crippen molar-refractivity contribution in [1.82, 2.24) is 9.97 Å². The minimum absolute atomic E-state index is 0.264. The summed E-state index contributed by atoms with van der Waals surface area (Å²) in [6, 6.07) is 2.91. The zero-order valence-electron chi connectivity index (χ0n) is 9.83. The SMILES string of the molecule is Cc1cc(C#N)nc(N2CCSCC2C(=O)O)n1. The number of carboxylic acids is 1. The molecule has 0 amide bonds. The first kappa shape index (κ1) is 12.6. The molecule has 1 aromatic rings. The molecule has 1 aliphatic heterocycles. The number of carbonyl (C=O) groups is 1. The van der Waals surface area contributed by atoms with Gasteiger partial charge in [0.2, 0.25) is 5.95 Å². The second kappa shape index (κ2) is 5.23. The predicted octanol–water partition coefficient (Wildman–Crippen LogP) is 0.663. The number of anilines is 1. The Morgan fingerprint density at radius 2 is 2.44 bits per heavy atom. The number of nitrogens with zero attached hydrogens (tertiary/aromatic N) is 4. The first-order valence-corrected chi connectivity index (χ1v) is 6.60. The summed E-state index contributed by atoms with van der Waals surface area (Å²) in [5, 5.41) is 18.1. The predicted molar refractivity (Wildman–Crippen MR) is 67.6 cm³/mol. The van der Waals surface area contributed by atoms with Crippen LogP contribution in [0.25, 0.3) is 0 Å². The van der Waals surface area contributed by atoms with Crippen molar-refractivity contribution < 1.29 is 9.90 Å². The molecule has 1 unspecified atom stereocenters. The van der Waals surface area contributed by atoms with E-state index in [-0.39, 0.29) is 5.69 Å². The minimum atomic E-state index is -0.884. The number of aliphatic carboxylic acids is 1. The first-order chi connectivity index (χ1) is 8.61. The molecule has 1 N–H and O–H groups in total. The normalized spacial score (nSPS) is 19.3. The largest absolute Gasteiger partial charge is 0.480 e. The molecule has 1 saturated heterocycles. The van der Waals surface area contributed by atoms with Crippen LogP contribution in [0.4, 0.5) is 5.95 Å². The summed E-state index contributed by atoms with van der Waals surface area (Å²) in [5.41, 5.74) is 0.929. The third-order valence-corrected chi connectivity index (χ3v) is 3.65. The van der Waals surface area contributed by atoms with E-state index in [1.54, 1.807) is 29.7 Å². The van der Waals surface area contributed by atoms with Crippen LogP contribution >= 0.6 is 11.8 Å². The number of hydrogen-bond donors (Lipinski definition) is 1. The highest BCUT2D eigenvalue weighted by molar-refractivity contribution is 7.99. The molecule has 94 valence electrons. The second-order valence-corrected chi connectivity index (χ2v) is 5.08. The molecule has 1 atom stereocenters. The van der Waals surface area contributed by atoms with Gasteiger partial charge in [0.15, 0.2) is 0 Å². The van der Waals surface area contributed by atoms with E-state index in [2.05, 4.69) is 9.97 Å². The van der Waals surface area contributed by atoms with Gasteiger partial charge < -0.3 is 10.0 Å². The average molecular weight is 264 g/mol. The third-order valence-electron chi connectivity index (χ3n) is 2.63. The molecule has 0 bridgehead atoms. The Balaban J connectivity index is 2.36. The van der Waals surface area contributed by atoms with Crippen molar-refractivity contribution in [1.29, 1.82) is 5.26 Å². The number of aryl methyl sites for hydroxylation is 1. The second-order valence-electron chi connectivity index (χ2n) is 3.93. The van der Waals surface area contributed by atoms with Crippen molar-refractivity contribution in [3.63, 3.8) is 0 Å². The van der Waals surface area contributed by atoms with Crippen LogP contribution in [0.1, 0.15) is 11.4 Å². The molecule has 0 aromatic carbocycles. The van der Waals surface area contributed by atoms with Gasteiger partial charge in [0.1, 0.15) is 17.8 Å². The van der Waals surface area contributed by atoms with Gasteiger partial charge in [0.25, 0.3) is 0 Å². The molecular weight excluding hydrogens is 252 g/mol. The lowest BCUT2D eigenvalue weighted by Gasteiger charge is -2.32. The Hall–Kier alpha value is -1.81. The smallest absolute Gasteiger partial charge is 0.327 e. The van der Waals surface area contributed by atoms with Crippen LogP contribution in [0, 0.1) is 18.3 Å². The Morgan fingerprint density at radius 3 is 3.11 bits per heavy atom. The first-order valence-electron chi connectivity index (χ1n) is 5.45. The van der Waals surface area contributed by atoms with Crippen LogP contribution in [-0.4, -0.2) is 45.1 Å². The molecule has 7 heteroatoms. The number of hydrogen-bond acceptors (Lipinski definition) is 6. The van der Waals surface area contributed by atoms with Crippen molar-refractivity contribution in [3.05, 3.63) is 17.5 Å². The van der Waals surface area contributed by atoms with E-state index in [1.807, 2.05) is 6.07 Å². The third kappa shape index (κ3) is 2.54. The van der Waals surface area contributed by atoms with Crippen molar-refractivity contribution in [2.75, 3.05) is 23.0 Å². The van der Waals surface area contributed by atoms with Crippen LogP contribution in [-0.2, 0) is 4.79 Å². The fourth-order valence-corrected chi connectivity index (χ4v) is 2.82. The lowest BCUT2D eigenvalue weighted by Crippen LogP contribution is -2.48. The number of aromatic nitrogens is 2. The fraction of sp³-hybridized carbons (Fsp3) is 0.455. The van der Waals surface area contributed by atoms with Crippen molar-refractivity contribution in [2.24, 2.45) is 0 Å². The van der Waals surface area contributed by atoms with Gasteiger partial charge in [-0.15, -0.1) is 0 Å². The van der Waals surface area contributed by atoms with Gasteiger partial charge >= 0.3 is 5.97 Å². The van der Waals surface area contributed by atoms with Crippen LogP contribution < -0.4 is 4.90 Å². The summed E-state index contributed by atoms with van der Waals surface area (Å²) in [7, 11) is 0.